The van der Waals surface area contributed by atoms with Crippen molar-refractivity contribution in [3.63, 3.8) is 0 Å². The summed E-state index contributed by atoms with van der Waals surface area (Å²) >= 11 is 3.29. The molecule has 0 saturated heterocycles. The summed E-state index contributed by atoms with van der Waals surface area (Å²) in [6.45, 7) is 3.19. The predicted octanol–water partition coefficient (Wildman–Crippen LogP) is 2.04. The van der Waals surface area contributed by atoms with E-state index in [2.05, 4.69) is 26.8 Å². The zero-order valence-corrected chi connectivity index (χ0v) is 13.1. The number of hydrogen-bond donors (Lipinski definition) is 2. The Morgan fingerprint density at radius 1 is 1.29 bits per heavy atom. The minimum Gasteiger partial charge on any atom is -0.494 e. The van der Waals surface area contributed by atoms with E-state index in [9.17, 15) is 14.7 Å². The number of aromatic hydroxyl groups is 1. The van der Waals surface area contributed by atoms with Gasteiger partial charge in [0.1, 0.15) is 11.1 Å². The molecule has 1 heterocycles. The van der Waals surface area contributed by atoms with Gasteiger partial charge in [0.2, 0.25) is 5.88 Å². The highest BCUT2D eigenvalue weighted by Gasteiger charge is 2.26. The first-order chi connectivity index (χ1) is 9.77. The summed E-state index contributed by atoms with van der Waals surface area (Å²) in [7, 11) is 0. The summed E-state index contributed by atoms with van der Waals surface area (Å²) in [4.78, 5) is 26.2. The molecule has 0 aliphatic rings. The fourth-order valence-electron chi connectivity index (χ4n) is 1.98. The van der Waals surface area contributed by atoms with Gasteiger partial charge in [0, 0.05) is 4.47 Å². The van der Waals surface area contributed by atoms with Gasteiger partial charge in [0.05, 0.1) is 0 Å². The molecule has 2 aromatic rings. The molecule has 0 atom stereocenters. The van der Waals surface area contributed by atoms with Crippen LogP contribution in [0.3, 0.4) is 0 Å². The van der Waals surface area contributed by atoms with Gasteiger partial charge in [-0.05, 0) is 31.5 Å². The van der Waals surface area contributed by atoms with E-state index in [1.165, 1.54) is 0 Å². The van der Waals surface area contributed by atoms with Gasteiger partial charge >= 0.3 is 5.69 Å². The first-order valence-electron chi connectivity index (χ1n) is 6.10. The maximum absolute atomic E-state index is 12.0. The smallest absolute Gasteiger partial charge is 0.332 e. The van der Waals surface area contributed by atoms with Crippen LogP contribution in [0.4, 0.5) is 0 Å². The molecule has 108 valence electrons. The molecule has 0 spiro atoms. The zero-order chi connectivity index (χ0) is 15.8. The van der Waals surface area contributed by atoms with Crippen LogP contribution in [0.15, 0.2) is 38.3 Å². The van der Waals surface area contributed by atoms with Crippen molar-refractivity contribution in [2.24, 2.45) is 0 Å². The van der Waals surface area contributed by atoms with Crippen molar-refractivity contribution < 1.29 is 5.11 Å². The Morgan fingerprint density at radius 2 is 1.86 bits per heavy atom. The fraction of sp³-hybridized carbons (Fsp3) is 0.200. The van der Waals surface area contributed by atoms with Crippen LogP contribution in [0.1, 0.15) is 13.8 Å². The largest absolute Gasteiger partial charge is 0.494 e. The Hall–Kier alpha value is -2.26. The van der Waals surface area contributed by atoms with Crippen LogP contribution in [-0.4, -0.2) is 14.7 Å². The highest BCUT2D eigenvalue weighted by Crippen LogP contribution is 2.28. The molecule has 1 aromatic heterocycles. The third-order valence-electron chi connectivity index (χ3n) is 3.13. The monoisotopic (exact) mass is 348 g/mol. The highest BCUT2D eigenvalue weighted by atomic mass is 79.9. The molecule has 0 aliphatic heterocycles. The number of halogens is 1. The van der Waals surface area contributed by atoms with Gasteiger partial charge < -0.3 is 5.11 Å². The number of aromatic amines is 1. The molecule has 5 nitrogen and oxygen atoms in total. The molecule has 2 N–H and O–H groups in total. The average molecular weight is 349 g/mol. The lowest BCUT2D eigenvalue weighted by molar-refractivity contribution is 0.344. The van der Waals surface area contributed by atoms with E-state index in [1.807, 2.05) is 0 Å². The minimum absolute atomic E-state index is 0.00502. The summed E-state index contributed by atoms with van der Waals surface area (Å²) < 4.78 is 1.82. The van der Waals surface area contributed by atoms with Crippen LogP contribution in [-0.2, 0) is 5.54 Å². The first-order valence-corrected chi connectivity index (χ1v) is 6.89. The molecule has 0 amide bonds. The lowest BCUT2D eigenvalue weighted by Gasteiger charge is -2.23. The number of hydrogen-bond acceptors (Lipinski definition) is 3. The molecular formula is C15H13BrN2O3. The van der Waals surface area contributed by atoms with Crippen LogP contribution >= 0.6 is 15.9 Å². The van der Waals surface area contributed by atoms with Crippen molar-refractivity contribution in [3.8, 4) is 29.4 Å². The normalized spacial score (nSPS) is 11.1. The van der Waals surface area contributed by atoms with Gasteiger partial charge in [0.25, 0.3) is 5.56 Å². The standard InChI is InChI=1S/C15H13BrN2O3/c1-4-15(2,3)18-13(20)11(12(19)17-14(18)21)9-5-7-10(16)8-6-9/h1,5-8,20H,2-3H3,(H,17,19,21). The Morgan fingerprint density at radius 3 is 2.38 bits per heavy atom. The van der Waals surface area contributed by atoms with E-state index < -0.39 is 22.7 Å². The second kappa shape index (κ2) is 5.26. The fourth-order valence-corrected chi connectivity index (χ4v) is 2.25. The summed E-state index contributed by atoms with van der Waals surface area (Å²) in [6, 6.07) is 6.78. The van der Waals surface area contributed by atoms with Gasteiger partial charge in [0.15, 0.2) is 0 Å². The number of rotatable bonds is 2. The van der Waals surface area contributed by atoms with Gasteiger partial charge in [-0.2, -0.15) is 0 Å². The lowest BCUT2D eigenvalue weighted by atomic mass is 10.0. The molecule has 0 bridgehead atoms. The number of aromatic nitrogens is 2. The number of terminal acetylenes is 1. The maximum atomic E-state index is 12.0. The van der Waals surface area contributed by atoms with E-state index in [1.54, 1.807) is 38.1 Å². The zero-order valence-electron chi connectivity index (χ0n) is 11.5. The van der Waals surface area contributed by atoms with Crippen molar-refractivity contribution in [1.29, 1.82) is 0 Å². The summed E-state index contributed by atoms with van der Waals surface area (Å²) in [5.74, 6) is 1.97. The van der Waals surface area contributed by atoms with Crippen molar-refractivity contribution in [1.82, 2.24) is 9.55 Å². The highest BCUT2D eigenvalue weighted by molar-refractivity contribution is 9.10. The lowest BCUT2D eigenvalue weighted by Crippen LogP contribution is -2.40. The second-order valence-corrected chi connectivity index (χ2v) is 5.92. The van der Waals surface area contributed by atoms with Gasteiger partial charge in [-0.15, -0.1) is 6.42 Å². The average Bonchev–Trinajstić information content (AvgIpc) is 2.40. The minimum atomic E-state index is -1.07. The van der Waals surface area contributed by atoms with E-state index in [0.29, 0.717) is 5.56 Å². The number of nitrogens with zero attached hydrogens (tertiary/aromatic N) is 1. The van der Waals surface area contributed by atoms with Crippen molar-refractivity contribution in [2.45, 2.75) is 19.4 Å². The molecular weight excluding hydrogens is 336 g/mol. The summed E-state index contributed by atoms with van der Waals surface area (Å²) in [5.41, 5.74) is -2.00. The summed E-state index contributed by atoms with van der Waals surface area (Å²) in [5, 5.41) is 10.4. The number of nitrogens with one attached hydrogen (secondary N) is 1. The van der Waals surface area contributed by atoms with Crippen LogP contribution in [0.2, 0.25) is 0 Å². The van der Waals surface area contributed by atoms with E-state index >= 15 is 0 Å². The first kappa shape index (κ1) is 15.1. The Labute approximate surface area is 129 Å². The van der Waals surface area contributed by atoms with Gasteiger partial charge in [-0.1, -0.05) is 34.0 Å². The Bertz CT molecular complexity index is 839. The molecule has 0 aliphatic carbocycles. The molecule has 6 heteroatoms. The molecule has 0 radical (unpaired) electrons. The van der Waals surface area contributed by atoms with Gasteiger partial charge in [-0.25, -0.2) is 9.36 Å². The molecule has 0 saturated carbocycles. The van der Waals surface area contributed by atoms with E-state index in [-0.39, 0.29) is 5.56 Å². The Kier molecular flexibility index (Phi) is 3.79. The van der Waals surface area contributed by atoms with E-state index in [4.69, 9.17) is 6.42 Å². The van der Waals surface area contributed by atoms with Crippen molar-refractivity contribution in [3.05, 3.63) is 49.6 Å². The van der Waals surface area contributed by atoms with E-state index in [0.717, 1.165) is 9.04 Å². The van der Waals surface area contributed by atoms with Crippen LogP contribution in [0.5, 0.6) is 5.88 Å². The van der Waals surface area contributed by atoms with Crippen molar-refractivity contribution in [2.75, 3.05) is 0 Å². The topological polar surface area (TPSA) is 75.1 Å². The molecule has 21 heavy (non-hydrogen) atoms. The second-order valence-electron chi connectivity index (χ2n) is 5.00. The number of H-pyrrole nitrogens is 1. The number of benzene rings is 1. The molecule has 2 rings (SSSR count). The van der Waals surface area contributed by atoms with Crippen LogP contribution in [0.25, 0.3) is 11.1 Å². The van der Waals surface area contributed by atoms with Crippen molar-refractivity contribution >= 4 is 15.9 Å². The molecule has 0 fully saturated rings. The summed E-state index contributed by atoms with van der Waals surface area (Å²) in [6.07, 6.45) is 5.40. The molecule has 0 unspecified atom stereocenters. The predicted molar refractivity (Wildman–Crippen MR) is 84.3 cm³/mol. The van der Waals surface area contributed by atoms with Crippen LogP contribution in [0, 0.1) is 12.3 Å². The Balaban J connectivity index is 2.84. The third kappa shape index (κ3) is 2.65. The SMILES string of the molecule is C#CC(C)(C)n1c(O)c(-c2ccc(Br)cc2)c(=O)[nH]c1=O. The molecule has 1 aromatic carbocycles. The quantitative estimate of drug-likeness (QED) is 0.815. The van der Waals surface area contributed by atoms with Crippen LogP contribution < -0.4 is 11.2 Å². The third-order valence-corrected chi connectivity index (χ3v) is 3.66. The maximum Gasteiger partial charge on any atom is 0.332 e. The van der Waals surface area contributed by atoms with Gasteiger partial charge in [-0.3, -0.25) is 9.78 Å².